The fourth-order valence-corrected chi connectivity index (χ4v) is 5.65. The van der Waals surface area contributed by atoms with E-state index in [4.69, 9.17) is 15.2 Å². The second-order valence-corrected chi connectivity index (χ2v) is 11.7. The van der Waals surface area contributed by atoms with Gasteiger partial charge in [0.05, 0.1) is 24.9 Å². The van der Waals surface area contributed by atoms with Crippen molar-refractivity contribution in [3.8, 4) is 22.8 Å². The van der Waals surface area contributed by atoms with E-state index in [1.54, 1.807) is 6.92 Å². The molecule has 2 aliphatic rings. The molecule has 4 aromatic rings. The van der Waals surface area contributed by atoms with Crippen LogP contribution in [0.3, 0.4) is 0 Å². The van der Waals surface area contributed by atoms with Crippen LogP contribution < -0.4 is 20.5 Å². The monoisotopic (exact) mass is 645 g/mol. The molecule has 0 spiro atoms. The molecule has 1 aliphatic carbocycles. The fraction of sp³-hybridized carbons (Fsp3) is 0.355. The van der Waals surface area contributed by atoms with E-state index in [-0.39, 0.29) is 64.0 Å². The lowest BCUT2D eigenvalue weighted by molar-refractivity contribution is -0.137. The number of fused-ring (bicyclic) bond motifs is 2. The van der Waals surface area contributed by atoms with Crippen LogP contribution in [-0.2, 0) is 22.0 Å². The first-order valence-electron chi connectivity index (χ1n) is 14.2. The van der Waals surface area contributed by atoms with E-state index in [2.05, 4.69) is 15.4 Å². The molecule has 1 unspecified atom stereocenters. The van der Waals surface area contributed by atoms with Crippen molar-refractivity contribution in [3.05, 3.63) is 71.0 Å². The van der Waals surface area contributed by atoms with Crippen molar-refractivity contribution in [3.63, 3.8) is 0 Å². The number of hydrogen-bond acceptors (Lipinski definition) is 7. The number of nitrogens with two attached hydrogens (primary N) is 1. The number of nitrogens with zero attached hydrogens (tertiary/aromatic N) is 3. The number of methoxy groups -OCH3 is 1. The first kappa shape index (κ1) is 31.2. The number of hydrogen-bond donors (Lipinski definition) is 3. The van der Waals surface area contributed by atoms with Crippen LogP contribution in [0.5, 0.6) is 11.5 Å². The highest BCUT2D eigenvalue weighted by molar-refractivity contribution is 6.00. The number of ether oxygens (including phenoxy) is 2. The topological polar surface area (TPSA) is 142 Å². The minimum absolute atomic E-state index is 0.0540. The van der Waals surface area contributed by atoms with E-state index in [9.17, 15) is 36.6 Å². The molecule has 15 heteroatoms. The molecule has 4 N–H and O–H groups in total. The maximum atomic E-state index is 13.4. The zero-order valence-electron chi connectivity index (χ0n) is 24.5. The van der Waals surface area contributed by atoms with Crippen molar-refractivity contribution >= 4 is 22.7 Å². The Morgan fingerprint density at radius 1 is 1.20 bits per heavy atom. The van der Waals surface area contributed by atoms with Gasteiger partial charge in [0.2, 0.25) is 5.91 Å². The Labute approximate surface area is 258 Å². The standard InChI is InChI=1S/C31H28F5N5O5/c1-29(27(37)43)14-46-25-20(29)11-22(39-24(25)15-3-5-19(6-4-15)31(34,35)36)30(44,18-7-8-18)13-38-26(42)16-9-17-12-41(28(32)33)40-23(17)21(10-16)45-2/h3-6,9-12,18,28,44H,7-8,13-14H2,1-2H3,(H2,37,43)(H,38,42)/t29-,30?/m0/s1. The molecule has 3 heterocycles. The van der Waals surface area contributed by atoms with Crippen molar-refractivity contribution in [2.45, 2.75) is 43.5 Å². The first-order chi connectivity index (χ1) is 21.7. The number of benzene rings is 2. The Bertz CT molecular complexity index is 1860. The van der Waals surface area contributed by atoms with E-state index < -0.39 is 41.1 Å². The van der Waals surface area contributed by atoms with Crippen molar-refractivity contribution in [2.24, 2.45) is 11.7 Å². The van der Waals surface area contributed by atoms with E-state index in [0.29, 0.717) is 23.1 Å². The Morgan fingerprint density at radius 3 is 2.48 bits per heavy atom. The normalized spacial score (nSPS) is 19.1. The van der Waals surface area contributed by atoms with Gasteiger partial charge in [-0.3, -0.25) is 9.59 Å². The average molecular weight is 646 g/mol. The third-order valence-electron chi connectivity index (χ3n) is 8.59. The molecule has 46 heavy (non-hydrogen) atoms. The largest absolute Gasteiger partial charge is 0.494 e. The van der Waals surface area contributed by atoms with Gasteiger partial charge >= 0.3 is 12.7 Å². The Balaban J connectivity index is 1.38. The number of rotatable bonds is 9. The van der Waals surface area contributed by atoms with Crippen LogP contribution in [0.25, 0.3) is 22.2 Å². The zero-order valence-corrected chi connectivity index (χ0v) is 24.5. The molecule has 0 bridgehead atoms. The lowest BCUT2D eigenvalue weighted by atomic mass is 9.81. The number of alkyl halides is 5. The lowest BCUT2D eigenvalue weighted by Gasteiger charge is -2.30. The predicted molar refractivity (Wildman–Crippen MR) is 153 cm³/mol. The van der Waals surface area contributed by atoms with Crippen molar-refractivity contribution in [2.75, 3.05) is 20.3 Å². The van der Waals surface area contributed by atoms with Gasteiger partial charge in [0, 0.05) is 28.3 Å². The first-order valence-corrected chi connectivity index (χ1v) is 14.2. The Morgan fingerprint density at radius 2 is 1.89 bits per heavy atom. The molecule has 0 radical (unpaired) electrons. The maximum absolute atomic E-state index is 13.4. The number of aliphatic hydroxyl groups is 1. The molecular formula is C31H28F5N5O5. The summed E-state index contributed by atoms with van der Waals surface area (Å²) in [5.41, 5.74) is 2.64. The van der Waals surface area contributed by atoms with E-state index in [1.165, 1.54) is 37.4 Å². The number of aromatic nitrogens is 3. The van der Waals surface area contributed by atoms with Crippen LogP contribution in [0, 0.1) is 5.92 Å². The number of halogens is 5. The van der Waals surface area contributed by atoms with Gasteiger partial charge in [-0.1, -0.05) is 12.1 Å². The van der Waals surface area contributed by atoms with Gasteiger partial charge in [-0.15, -0.1) is 0 Å². The number of carbonyl (C=O) groups excluding carboxylic acids is 2. The van der Waals surface area contributed by atoms with Crippen LogP contribution in [0.15, 0.2) is 48.7 Å². The highest BCUT2D eigenvalue weighted by atomic mass is 19.4. The molecule has 6 rings (SSSR count). The molecule has 2 atom stereocenters. The summed E-state index contributed by atoms with van der Waals surface area (Å²) in [5.74, 6) is -1.49. The summed E-state index contributed by atoms with van der Waals surface area (Å²) >= 11 is 0. The highest BCUT2D eigenvalue weighted by Crippen LogP contribution is 2.50. The van der Waals surface area contributed by atoms with E-state index in [1.807, 2.05) is 0 Å². The van der Waals surface area contributed by atoms with Crippen molar-refractivity contribution in [1.82, 2.24) is 20.1 Å². The molecule has 2 aromatic heterocycles. The van der Waals surface area contributed by atoms with E-state index >= 15 is 0 Å². The van der Waals surface area contributed by atoms with Crippen LogP contribution in [-0.4, -0.2) is 51.9 Å². The summed E-state index contributed by atoms with van der Waals surface area (Å²) in [6, 6.07) is 8.40. The maximum Gasteiger partial charge on any atom is 0.416 e. The predicted octanol–water partition coefficient (Wildman–Crippen LogP) is 4.68. The summed E-state index contributed by atoms with van der Waals surface area (Å²) in [7, 11) is 1.31. The highest BCUT2D eigenvalue weighted by Gasteiger charge is 2.50. The quantitative estimate of drug-likeness (QED) is 0.225. The number of carbonyl (C=O) groups is 2. The molecule has 1 saturated carbocycles. The molecule has 0 saturated heterocycles. The SMILES string of the molecule is COc1cc(C(=O)NCC(O)(c2cc3c(c(-c4ccc(C(F)(F)F)cc4)n2)OC[C@]3(C)C(N)=O)C2CC2)cc2cn(C(F)F)nc12. The Hall–Kier alpha value is -4.79. The van der Waals surface area contributed by atoms with Crippen LogP contribution >= 0.6 is 0 Å². The minimum Gasteiger partial charge on any atom is -0.494 e. The fourth-order valence-electron chi connectivity index (χ4n) is 5.65. The molecule has 2 amide bonds. The number of pyridine rings is 1. The Kier molecular flexibility index (Phi) is 7.41. The van der Waals surface area contributed by atoms with Gasteiger partial charge < -0.3 is 25.6 Å². The molecular weight excluding hydrogens is 617 g/mol. The summed E-state index contributed by atoms with van der Waals surface area (Å²) in [4.78, 5) is 30.6. The number of amides is 2. The summed E-state index contributed by atoms with van der Waals surface area (Å²) < 4.78 is 77.8. The van der Waals surface area contributed by atoms with Crippen LogP contribution in [0.1, 0.15) is 53.5 Å². The second kappa shape index (κ2) is 10.9. The second-order valence-electron chi connectivity index (χ2n) is 11.7. The minimum atomic E-state index is -4.57. The van der Waals surface area contributed by atoms with Gasteiger partial charge in [-0.05, 0) is 56.0 Å². The molecule has 1 aliphatic heterocycles. The number of nitrogens with one attached hydrogen (secondary N) is 1. The van der Waals surface area contributed by atoms with Crippen LogP contribution in [0.4, 0.5) is 22.0 Å². The third kappa shape index (κ3) is 5.27. The molecule has 2 aromatic carbocycles. The van der Waals surface area contributed by atoms with Gasteiger partial charge in [-0.25, -0.2) is 9.67 Å². The summed E-state index contributed by atoms with van der Waals surface area (Å²) in [6.45, 7) is -1.85. The van der Waals surface area contributed by atoms with Gasteiger partial charge in [0.1, 0.15) is 40.3 Å². The van der Waals surface area contributed by atoms with Gasteiger partial charge in [0.15, 0.2) is 0 Å². The molecule has 10 nitrogen and oxygen atoms in total. The smallest absolute Gasteiger partial charge is 0.416 e. The summed E-state index contributed by atoms with van der Waals surface area (Å²) in [5, 5.41) is 18.8. The zero-order chi connectivity index (χ0) is 33.2. The van der Waals surface area contributed by atoms with Crippen molar-refractivity contribution in [1.29, 1.82) is 0 Å². The summed E-state index contributed by atoms with van der Waals surface area (Å²) in [6.07, 6.45) is -2.33. The van der Waals surface area contributed by atoms with Gasteiger partial charge in [0.25, 0.3) is 5.91 Å². The average Bonchev–Trinajstić information content (AvgIpc) is 3.70. The van der Waals surface area contributed by atoms with Gasteiger partial charge in [-0.2, -0.15) is 27.1 Å². The molecule has 242 valence electrons. The van der Waals surface area contributed by atoms with Crippen molar-refractivity contribution < 1.29 is 46.1 Å². The number of primary amides is 1. The molecule has 1 fully saturated rings. The lowest BCUT2D eigenvalue weighted by Crippen LogP contribution is -2.44. The van der Waals surface area contributed by atoms with E-state index in [0.717, 1.165) is 18.3 Å². The third-order valence-corrected chi connectivity index (χ3v) is 8.59. The van der Waals surface area contributed by atoms with Crippen LogP contribution in [0.2, 0.25) is 0 Å².